The monoisotopic (exact) mass is 505 g/mol. The Morgan fingerprint density at radius 2 is 1.71 bits per heavy atom. The molecule has 0 aliphatic rings. The number of carbonyl (C=O) groups is 1. The van der Waals surface area contributed by atoms with Crippen LogP contribution in [0.25, 0.3) is 0 Å². The molecule has 0 fully saturated rings. The van der Waals surface area contributed by atoms with Crippen molar-refractivity contribution in [3.8, 4) is 17.6 Å². The van der Waals surface area contributed by atoms with Crippen LogP contribution in [0.4, 0.5) is 13.2 Å². The molecule has 8 heteroatoms. The smallest absolute Gasteiger partial charge is 0.471 e. The quantitative estimate of drug-likeness (QED) is 0.344. The van der Waals surface area contributed by atoms with Crippen LogP contribution in [-0.4, -0.2) is 32.1 Å². The Kier molecular flexibility index (Phi) is 9.58. The number of nitrogens with one attached hydrogen (secondary N) is 1. The number of benzene rings is 2. The molecule has 1 amide bonds. The highest BCUT2D eigenvalue weighted by molar-refractivity contribution is 6.74. The lowest BCUT2D eigenvalue weighted by Crippen LogP contribution is -2.44. The fourth-order valence-corrected chi connectivity index (χ4v) is 4.05. The normalized spacial score (nSPS) is 12.9. The Morgan fingerprint density at radius 1 is 1.06 bits per heavy atom. The van der Waals surface area contributed by atoms with Crippen LogP contribution in [-0.2, 0) is 17.6 Å². The van der Waals surface area contributed by atoms with Crippen LogP contribution < -0.4 is 9.74 Å². The zero-order valence-electron chi connectivity index (χ0n) is 20.9. The Morgan fingerprint density at radius 3 is 2.37 bits per heavy atom. The van der Waals surface area contributed by atoms with E-state index in [0.717, 1.165) is 16.9 Å². The van der Waals surface area contributed by atoms with Crippen molar-refractivity contribution in [2.75, 3.05) is 6.54 Å². The third kappa shape index (κ3) is 8.75. The summed E-state index contributed by atoms with van der Waals surface area (Å²) in [7, 11) is -1.97. The number of halogens is 3. The highest BCUT2D eigenvalue weighted by Crippen LogP contribution is 2.38. The predicted octanol–water partition coefficient (Wildman–Crippen LogP) is 5.96. The highest BCUT2D eigenvalue weighted by atomic mass is 28.4. The molecule has 2 rings (SSSR count). The molecule has 0 heterocycles. The van der Waals surface area contributed by atoms with E-state index >= 15 is 0 Å². The second-order valence-corrected chi connectivity index (χ2v) is 14.7. The maximum absolute atomic E-state index is 12.3. The third-order valence-electron chi connectivity index (χ3n) is 6.14. The fourth-order valence-electron chi connectivity index (χ4n) is 3.00. The van der Waals surface area contributed by atoms with E-state index in [9.17, 15) is 23.1 Å². The standard InChI is InChI=1S/C27H34F3NO3Si/c1-26(2,3)35(4,5)34-24-16-9-8-14-21(24)13-7-6-11-20-12-10-15-22(19-20)23(32)17-18-31-25(33)27(28,29)30/h8-10,12,14-16,19,23,32H,11,13,17-18H2,1-5H3,(H,31,33). The summed E-state index contributed by atoms with van der Waals surface area (Å²) in [5.41, 5.74) is 2.49. The minimum absolute atomic E-state index is 0.0258. The molecule has 0 aromatic heterocycles. The third-order valence-corrected chi connectivity index (χ3v) is 10.5. The van der Waals surface area contributed by atoms with Crippen LogP contribution in [0.1, 0.15) is 50.0 Å². The summed E-state index contributed by atoms with van der Waals surface area (Å²) in [4.78, 5) is 10.9. The highest BCUT2D eigenvalue weighted by Gasteiger charge is 2.39. The van der Waals surface area contributed by atoms with Gasteiger partial charge in [-0.15, -0.1) is 0 Å². The van der Waals surface area contributed by atoms with Gasteiger partial charge in [0, 0.05) is 24.9 Å². The van der Waals surface area contributed by atoms with Crippen molar-refractivity contribution < 1.29 is 27.5 Å². The van der Waals surface area contributed by atoms with Gasteiger partial charge >= 0.3 is 12.1 Å². The largest absolute Gasteiger partial charge is 0.543 e. The number of rotatable bonds is 8. The number of para-hydroxylation sites is 1. The number of hydrogen-bond donors (Lipinski definition) is 2. The number of hydrogen-bond acceptors (Lipinski definition) is 3. The maximum atomic E-state index is 12.3. The van der Waals surface area contributed by atoms with E-state index in [-0.39, 0.29) is 18.0 Å². The minimum atomic E-state index is -4.93. The maximum Gasteiger partial charge on any atom is 0.471 e. The average Bonchev–Trinajstić information content (AvgIpc) is 2.76. The number of carbonyl (C=O) groups excluding carboxylic acids is 1. The lowest BCUT2D eigenvalue weighted by atomic mass is 10.0. The molecule has 4 nitrogen and oxygen atoms in total. The molecule has 2 aromatic carbocycles. The van der Waals surface area contributed by atoms with Crippen LogP contribution in [0.2, 0.25) is 18.1 Å². The van der Waals surface area contributed by atoms with Crippen LogP contribution in [0, 0.1) is 11.8 Å². The van der Waals surface area contributed by atoms with Gasteiger partial charge in [0.05, 0.1) is 6.10 Å². The van der Waals surface area contributed by atoms with Crippen molar-refractivity contribution in [2.24, 2.45) is 0 Å². The molecule has 35 heavy (non-hydrogen) atoms. The average molecular weight is 506 g/mol. The van der Waals surface area contributed by atoms with Crippen molar-refractivity contribution in [3.63, 3.8) is 0 Å². The second-order valence-electron chi connectivity index (χ2n) is 9.98. The Labute approximate surface area is 207 Å². The zero-order valence-corrected chi connectivity index (χ0v) is 21.9. The molecular formula is C27H34F3NO3Si. The van der Waals surface area contributed by atoms with E-state index in [4.69, 9.17) is 4.43 Å². The molecule has 0 aliphatic carbocycles. The summed E-state index contributed by atoms with van der Waals surface area (Å²) >= 11 is 0. The van der Waals surface area contributed by atoms with Gasteiger partial charge in [0.2, 0.25) is 8.32 Å². The molecule has 1 unspecified atom stereocenters. The van der Waals surface area contributed by atoms with E-state index in [2.05, 4.69) is 45.7 Å². The lowest BCUT2D eigenvalue weighted by molar-refractivity contribution is -0.173. The number of alkyl halides is 3. The van der Waals surface area contributed by atoms with Gasteiger partial charge in [-0.3, -0.25) is 4.79 Å². The fraction of sp³-hybridized carbons (Fsp3) is 0.444. The van der Waals surface area contributed by atoms with E-state index in [1.165, 1.54) is 0 Å². The SMILES string of the molecule is CC(C)(C)[Si](C)(C)Oc1ccccc1CC#CCc1cccc(C(O)CCNC(=O)C(F)(F)F)c1. The van der Waals surface area contributed by atoms with Crippen molar-refractivity contribution in [3.05, 3.63) is 65.2 Å². The molecule has 0 bridgehead atoms. The Bertz CT molecular complexity index is 1070. The molecular weight excluding hydrogens is 471 g/mol. The van der Waals surface area contributed by atoms with E-state index in [1.807, 2.05) is 30.3 Å². The van der Waals surface area contributed by atoms with Crippen LogP contribution in [0.15, 0.2) is 48.5 Å². The van der Waals surface area contributed by atoms with E-state index in [1.54, 1.807) is 23.5 Å². The van der Waals surface area contributed by atoms with Gasteiger partial charge in [-0.05, 0) is 41.7 Å². The van der Waals surface area contributed by atoms with Crippen molar-refractivity contribution in [2.45, 2.75) is 70.4 Å². The molecule has 0 spiro atoms. The van der Waals surface area contributed by atoms with Crippen LogP contribution in [0.5, 0.6) is 5.75 Å². The minimum Gasteiger partial charge on any atom is -0.543 e. The first-order chi connectivity index (χ1) is 16.2. The molecule has 0 saturated heterocycles. The number of aliphatic hydroxyl groups excluding tert-OH is 1. The summed E-state index contributed by atoms with van der Waals surface area (Å²) in [6, 6.07) is 15.1. The molecule has 2 N–H and O–H groups in total. The van der Waals surface area contributed by atoms with Crippen LogP contribution >= 0.6 is 0 Å². The van der Waals surface area contributed by atoms with Gasteiger partial charge in [-0.2, -0.15) is 13.2 Å². The van der Waals surface area contributed by atoms with Gasteiger partial charge in [0.15, 0.2) is 0 Å². The van der Waals surface area contributed by atoms with Gasteiger partial charge in [-0.1, -0.05) is 75.1 Å². The second kappa shape index (κ2) is 11.8. The van der Waals surface area contributed by atoms with Gasteiger partial charge in [0.25, 0.3) is 0 Å². The first kappa shape index (κ1) is 28.5. The van der Waals surface area contributed by atoms with Gasteiger partial charge in [0.1, 0.15) is 5.75 Å². The van der Waals surface area contributed by atoms with Crippen molar-refractivity contribution in [1.82, 2.24) is 5.32 Å². The molecule has 0 radical (unpaired) electrons. The summed E-state index contributed by atoms with van der Waals surface area (Å²) < 4.78 is 43.2. The predicted molar refractivity (Wildman–Crippen MR) is 135 cm³/mol. The summed E-state index contributed by atoms with van der Waals surface area (Å²) in [6.07, 6.45) is -4.93. The lowest BCUT2D eigenvalue weighted by Gasteiger charge is -2.37. The molecule has 0 aliphatic heterocycles. The van der Waals surface area contributed by atoms with E-state index in [0.29, 0.717) is 18.4 Å². The molecule has 0 saturated carbocycles. The summed E-state index contributed by atoms with van der Waals surface area (Å²) in [5, 5.41) is 12.1. The first-order valence-electron chi connectivity index (χ1n) is 11.6. The topological polar surface area (TPSA) is 58.6 Å². The molecule has 190 valence electrons. The first-order valence-corrected chi connectivity index (χ1v) is 14.5. The molecule has 2 aromatic rings. The summed E-state index contributed by atoms with van der Waals surface area (Å²) in [5.74, 6) is 5.21. The Balaban J connectivity index is 1.97. The van der Waals surface area contributed by atoms with Crippen LogP contribution in [0.3, 0.4) is 0 Å². The number of aliphatic hydroxyl groups is 1. The van der Waals surface area contributed by atoms with Gasteiger partial charge < -0.3 is 14.8 Å². The zero-order chi connectivity index (χ0) is 26.3. The van der Waals surface area contributed by atoms with Crippen molar-refractivity contribution in [1.29, 1.82) is 0 Å². The van der Waals surface area contributed by atoms with Gasteiger partial charge in [-0.25, -0.2) is 0 Å². The Hall–Kier alpha value is -2.76. The number of amides is 1. The van der Waals surface area contributed by atoms with Crippen molar-refractivity contribution >= 4 is 14.2 Å². The summed E-state index contributed by atoms with van der Waals surface area (Å²) in [6.45, 7) is 10.7. The molecule has 1 atom stereocenters. The van der Waals surface area contributed by atoms with E-state index < -0.39 is 26.5 Å².